The van der Waals surface area contributed by atoms with Gasteiger partial charge in [0.2, 0.25) is 0 Å². The summed E-state index contributed by atoms with van der Waals surface area (Å²) in [7, 11) is 1.52. The first kappa shape index (κ1) is 25.5. The summed E-state index contributed by atoms with van der Waals surface area (Å²) in [5, 5.41) is 2.91. The van der Waals surface area contributed by atoms with Crippen molar-refractivity contribution >= 4 is 46.4 Å². The van der Waals surface area contributed by atoms with Crippen LogP contribution < -0.4 is 10.1 Å². The number of hydrogen-bond acceptors (Lipinski definition) is 8. The second-order valence-electron chi connectivity index (χ2n) is 8.59. The fourth-order valence-corrected chi connectivity index (χ4v) is 5.30. The van der Waals surface area contributed by atoms with Crippen molar-refractivity contribution in [2.75, 3.05) is 12.4 Å². The molecule has 1 aliphatic rings. The van der Waals surface area contributed by atoms with Crippen LogP contribution in [-0.4, -0.2) is 50.6 Å². The van der Waals surface area contributed by atoms with E-state index in [1.807, 2.05) is 12.1 Å². The molecular weight excluding hydrogens is 526 g/mol. The number of fused-ring (bicyclic) bond motifs is 1. The van der Waals surface area contributed by atoms with Gasteiger partial charge in [-0.2, -0.15) is 0 Å². The van der Waals surface area contributed by atoms with Crippen LogP contribution in [-0.2, 0) is 24.2 Å². The highest BCUT2D eigenvalue weighted by molar-refractivity contribution is 7.11. The molecule has 4 aromatic rings. The maximum atomic E-state index is 13.6. The Kier molecular flexibility index (Phi) is 7.43. The van der Waals surface area contributed by atoms with Crippen LogP contribution in [0.5, 0.6) is 5.75 Å². The Hall–Kier alpha value is -4.15. The van der Waals surface area contributed by atoms with Gasteiger partial charge in [-0.25, -0.2) is 9.97 Å². The lowest BCUT2D eigenvalue weighted by molar-refractivity contribution is -0.122. The number of pyridine rings is 2. The van der Waals surface area contributed by atoms with Gasteiger partial charge in [0.15, 0.2) is 5.78 Å². The summed E-state index contributed by atoms with van der Waals surface area (Å²) in [4.78, 5) is 54.4. The zero-order chi connectivity index (χ0) is 26.6. The van der Waals surface area contributed by atoms with Crippen molar-refractivity contribution in [3.8, 4) is 5.75 Å². The van der Waals surface area contributed by atoms with Gasteiger partial charge in [-0.3, -0.25) is 19.4 Å². The average Bonchev–Trinajstić information content (AvgIpc) is 3.36. The summed E-state index contributed by atoms with van der Waals surface area (Å²) in [5.74, 6) is 0.0576. The van der Waals surface area contributed by atoms with Crippen LogP contribution in [0.2, 0.25) is 5.02 Å². The lowest BCUT2D eigenvalue weighted by Gasteiger charge is -2.29. The van der Waals surface area contributed by atoms with E-state index in [2.05, 4.69) is 20.3 Å². The molecule has 0 radical (unpaired) electrons. The predicted molar refractivity (Wildman–Crippen MR) is 143 cm³/mol. The van der Waals surface area contributed by atoms with Crippen molar-refractivity contribution in [3.05, 3.63) is 98.8 Å². The van der Waals surface area contributed by atoms with Crippen LogP contribution in [0.4, 0.5) is 5.82 Å². The number of halogens is 1. The van der Waals surface area contributed by atoms with E-state index >= 15 is 0 Å². The molecule has 1 unspecified atom stereocenters. The number of nitrogens with zero attached hydrogens (tertiary/aromatic N) is 4. The van der Waals surface area contributed by atoms with Gasteiger partial charge in [0, 0.05) is 37.1 Å². The highest BCUT2D eigenvalue weighted by Gasteiger charge is 2.37. The molecule has 0 spiro atoms. The van der Waals surface area contributed by atoms with E-state index in [-0.39, 0.29) is 41.7 Å². The monoisotopic (exact) mass is 547 g/mol. The first-order chi connectivity index (χ1) is 18.4. The Morgan fingerprint density at radius 1 is 1.13 bits per heavy atom. The van der Waals surface area contributed by atoms with E-state index in [4.69, 9.17) is 16.3 Å². The molecule has 1 aromatic carbocycles. The minimum absolute atomic E-state index is 0.0801. The standard InChI is InChI=1S/C27H22ClN5O4S/c1-37-18-7-9-30-24(12-18)32-26(35)19-6-5-16(10-20(19)28)14-33-22(11-17-4-2-3-8-29-17)23(34)13-21-25(27(33)36)38-15-31-21/h2-10,12,15,22H,11,13-14H2,1H3,(H,30,32,35). The van der Waals surface area contributed by atoms with Gasteiger partial charge in [0.25, 0.3) is 11.8 Å². The fraction of sp³-hybridized carbons (Fsp3) is 0.185. The summed E-state index contributed by atoms with van der Waals surface area (Å²) < 4.78 is 5.16. The molecule has 0 saturated heterocycles. The maximum Gasteiger partial charge on any atom is 0.266 e. The van der Waals surface area contributed by atoms with Crippen molar-refractivity contribution in [3.63, 3.8) is 0 Å². The van der Waals surface area contributed by atoms with Crippen LogP contribution in [0.3, 0.4) is 0 Å². The summed E-state index contributed by atoms with van der Waals surface area (Å²) in [5.41, 5.74) is 3.70. The Morgan fingerprint density at radius 3 is 2.76 bits per heavy atom. The highest BCUT2D eigenvalue weighted by Crippen LogP contribution is 2.28. The Labute approximate surface area is 227 Å². The molecule has 1 N–H and O–H groups in total. The van der Waals surface area contributed by atoms with Gasteiger partial charge in [0.05, 0.1) is 41.4 Å². The zero-order valence-electron chi connectivity index (χ0n) is 20.3. The van der Waals surface area contributed by atoms with Crippen molar-refractivity contribution < 1.29 is 19.1 Å². The number of carbonyl (C=O) groups excluding carboxylic acids is 3. The zero-order valence-corrected chi connectivity index (χ0v) is 21.8. The smallest absolute Gasteiger partial charge is 0.266 e. The summed E-state index contributed by atoms with van der Waals surface area (Å²) in [6, 6.07) is 12.9. The largest absolute Gasteiger partial charge is 0.497 e. The molecule has 9 nitrogen and oxygen atoms in total. The van der Waals surface area contributed by atoms with Gasteiger partial charge < -0.3 is 15.0 Å². The van der Waals surface area contributed by atoms with Crippen LogP contribution in [0.15, 0.2) is 66.4 Å². The molecule has 1 aliphatic heterocycles. The Morgan fingerprint density at radius 2 is 2.00 bits per heavy atom. The molecule has 0 saturated carbocycles. The third-order valence-electron chi connectivity index (χ3n) is 6.15. The number of hydrogen-bond donors (Lipinski definition) is 1. The van der Waals surface area contributed by atoms with Crippen molar-refractivity contribution in [1.29, 1.82) is 0 Å². The number of rotatable bonds is 7. The molecule has 1 atom stereocenters. The molecule has 0 fully saturated rings. The second kappa shape index (κ2) is 11.1. The molecule has 3 aromatic heterocycles. The number of ketones is 1. The quantitative estimate of drug-likeness (QED) is 0.368. The molecule has 0 aliphatic carbocycles. The van der Waals surface area contributed by atoms with Crippen LogP contribution in [0.25, 0.3) is 0 Å². The number of amides is 2. The van der Waals surface area contributed by atoms with E-state index in [1.165, 1.54) is 24.6 Å². The maximum absolute atomic E-state index is 13.6. The molecule has 0 bridgehead atoms. The van der Waals surface area contributed by atoms with Crippen molar-refractivity contribution in [2.24, 2.45) is 0 Å². The van der Waals surface area contributed by atoms with Gasteiger partial charge >= 0.3 is 0 Å². The van der Waals surface area contributed by atoms with E-state index < -0.39 is 11.9 Å². The number of carbonyl (C=O) groups is 3. The molecule has 38 heavy (non-hydrogen) atoms. The van der Waals surface area contributed by atoms with Gasteiger partial charge in [0.1, 0.15) is 16.4 Å². The first-order valence-corrected chi connectivity index (χ1v) is 12.9. The molecule has 4 heterocycles. The Bertz CT molecular complexity index is 1510. The van der Waals surface area contributed by atoms with Gasteiger partial charge in [-0.15, -0.1) is 11.3 Å². The predicted octanol–water partition coefficient (Wildman–Crippen LogP) is 4.23. The topological polar surface area (TPSA) is 114 Å². The Balaban J connectivity index is 1.40. The number of anilines is 1. The summed E-state index contributed by atoms with van der Waals surface area (Å²) >= 11 is 7.72. The molecule has 11 heteroatoms. The fourth-order valence-electron chi connectivity index (χ4n) is 4.25. The normalized spacial score (nSPS) is 15.1. The minimum atomic E-state index is -0.723. The summed E-state index contributed by atoms with van der Waals surface area (Å²) in [6.45, 7) is 0.123. The van der Waals surface area contributed by atoms with Crippen LogP contribution in [0, 0.1) is 0 Å². The average molecular weight is 548 g/mol. The number of benzene rings is 1. The SMILES string of the molecule is COc1ccnc(NC(=O)c2ccc(CN3C(=O)c4scnc4CC(=O)C3Cc3ccccn3)cc2Cl)c1. The molecule has 5 rings (SSSR count). The molecule has 2 amide bonds. The van der Waals surface area contributed by atoms with E-state index in [0.717, 1.165) is 0 Å². The lowest BCUT2D eigenvalue weighted by Crippen LogP contribution is -2.44. The van der Waals surface area contributed by atoms with Crippen LogP contribution >= 0.6 is 22.9 Å². The van der Waals surface area contributed by atoms with Gasteiger partial charge in [-0.1, -0.05) is 23.7 Å². The van der Waals surface area contributed by atoms with Crippen molar-refractivity contribution in [1.82, 2.24) is 19.9 Å². The lowest BCUT2D eigenvalue weighted by atomic mass is 10.0. The number of aromatic nitrogens is 3. The second-order valence-corrected chi connectivity index (χ2v) is 9.86. The minimum Gasteiger partial charge on any atom is -0.497 e. The number of Topliss-reactive ketones (excluding diaryl/α,β-unsaturated/α-hetero) is 1. The number of thiazole rings is 1. The third-order valence-corrected chi connectivity index (χ3v) is 7.32. The third kappa shape index (κ3) is 5.41. The number of nitrogens with one attached hydrogen (secondary N) is 1. The van der Waals surface area contributed by atoms with E-state index in [1.54, 1.807) is 53.0 Å². The first-order valence-electron chi connectivity index (χ1n) is 11.7. The molecule has 192 valence electrons. The van der Waals surface area contributed by atoms with E-state index in [0.29, 0.717) is 33.4 Å². The molecular formula is C27H22ClN5O4S. The van der Waals surface area contributed by atoms with Crippen LogP contribution in [0.1, 0.15) is 37.0 Å². The number of methoxy groups -OCH3 is 1. The number of ether oxygens (including phenoxy) is 1. The van der Waals surface area contributed by atoms with Crippen molar-refractivity contribution in [2.45, 2.75) is 25.4 Å². The summed E-state index contributed by atoms with van der Waals surface area (Å²) in [6.07, 6.45) is 3.54. The van der Waals surface area contributed by atoms with Gasteiger partial charge in [-0.05, 0) is 35.9 Å². The highest BCUT2D eigenvalue weighted by atomic mass is 35.5. The van der Waals surface area contributed by atoms with E-state index in [9.17, 15) is 14.4 Å².